The van der Waals surface area contributed by atoms with Gasteiger partial charge in [-0.2, -0.15) is 0 Å². The molecule has 0 aliphatic heterocycles. The van der Waals surface area contributed by atoms with E-state index in [0.29, 0.717) is 23.9 Å². The fraction of sp³-hybridized carbons (Fsp3) is 0.535. The van der Waals surface area contributed by atoms with E-state index < -0.39 is 32.5 Å². The van der Waals surface area contributed by atoms with Gasteiger partial charge < -0.3 is 27.9 Å². The second kappa shape index (κ2) is 73.3. The Labute approximate surface area is 588 Å². The van der Waals surface area contributed by atoms with Crippen molar-refractivity contribution in [2.24, 2.45) is 0 Å². The monoisotopic (exact) mass is 1340 g/mol. The number of allylic oxidation sites excluding steroid dienone is 38. The fourth-order valence-corrected chi connectivity index (χ4v) is 9.82. The number of carbonyl (C=O) groups is 2. The highest BCUT2D eigenvalue weighted by Crippen LogP contribution is 2.38. The average molecular weight is 1340 g/mol. The van der Waals surface area contributed by atoms with E-state index in [1.54, 1.807) is 0 Å². The summed E-state index contributed by atoms with van der Waals surface area (Å²) in [4.78, 5) is 38.1. The molecule has 0 heterocycles. The number of unbranched alkanes of at least 4 members (excludes halogenated alkanes) is 13. The zero-order valence-electron chi connectivity index (χ0n) is 61.0. The lowest BCUT2D eigenvalue weighted by atomic mass is 10.1. The summed E-state index contributed by atoms with van der Waals surface area (Å²) in [7, 11) is 1.11. The van der Waals surface area contributed by atoms with E-state index in [1.165, 1.54) is 32.1 Å². The quantitative estimate of drug-likeness (QED) is 0.0195. The molecule has 2 atom stereocenters. The Balaban J connectivity index is 4.20. The number of likely N-dealkylation sites (N-methyl/N-ethyl adjacent to an activating group) is 1. The van der Waals surface area contributed by atoms with Gasteiger partial charge in [0.2, 0.25) is 0 Å². The molecule has 0 bridgehead atoms. The van der Waals surface area contributed by atoms with Gasteiger partial charge >= 0.3 is 11.9 Å². The van der Waals surface area contributed by atoms with Crippen LogP contribution < -0.4 is 4.89 Å². The molecular formula is C86H134NO8P. The summed E-state index contributed by atoms with van der Waals surface area (Å²) < 4.78 is 34.3. The van der Waals surface area contributed by atoms with Crippen LogP contribution in [-0.4, -0.2) is 70.0 Å². The van der Waals surface area contributed by atoms with Gasteiger partial charge in [0.05, 0.1) is 27.7 Å². The molecule has 0 radical (unpaired) electrons. The molecule has 0 aromatic carbocycles. The number of phosphoric ester groups is 1. The van der Waals surface area contributed by atoms with E-state index >= 15 is 0 Å². The number of esters is 2. The summed E-state index contributed by atoms with van der Waals surface area (Å²) in [5, 5.41) is 0. The smallest absolute Gasteiger partial charge is 0.306 e. The minimum atomic E-state index is -4.67. The largest absolute Gasteiger partial charge is 0.756 e. The molecule has 0 spiro atoms. The Hall–Kier alpha value is -5.93. The predicted molar refractivity (Wildman–Crippen MR) is 414 cm³/mol. The highest BCUT2D eigenvalue weighted by Gasteiger charge is 2.22. The van der Waals surface area contributed by atoms with E-state index in [2.05, 4.69) is 245 Å². The van der Waals surface area contributed by atoms with Gasteiger partial charge in [-0.3, -0.25) is 14.2 Å². The van der Waals surface area contributed by atoms with Crippen molar-refractivity contribution in [2.45, 2.75) is 251 Å². The van der Waals surface area contributed by atoms with Crippen molar-refractivity contribution in [2.75, 3.05) is 47.5 Å². The number of hydrogen-bond acceptors (Lipinski definition) is 8. The molecule has 0 fully saturated rings. The standard InChI is InChI=1S/C86H134NO8P/c1-6-8-10-12-14-16-18-20-22-24-26-28-30-32-34-36-38-40-42-43-45-46-48-50-52-54-56-58-60-62-64-66-68-70-72-74-76-78-85(88)92-82-84(83-94-96(90,91)93-81-80-87(3,4)5)95-86(89)79-77-75-73-71-69-67-65-63-61-59-57-55-53-51-49-47-44-41-39-37-35-33-31-29-27-25-23-21-19-17-15-13-11-9-7-2/h8-11,14-17,20-23,26-29,32-35,38-41,43,45,47-50,53-56,59,61,65,67,84H,6-7,12-13,18-19,24-25,30-31,36-37,42,44,46,51-52,57-58,60,62-64,66,68-83H2,1-5H3/b10-8-,11-9-,16-14-,17-15-,22-20-,23-21-,28-26-,29-27-,34-32-,35-33-,40-38-,41-39-,45-43-,49-47-,50-48-,55-53-,56-54-,61-59-,67-65-. The zero-order chi connectivity index (χ0) is 69.7. The van der Waals surface area contributed by atoms with Crippen LogP contribution in [0, 0.1) is 0 Å². The molecule has 0 saturated heterocycles. The van der Waals surface area contributed by atoms with E-state index in [1.807, 2.05) is 21.1 Å². The molecule has 10 heteroatoms. The van der Waals surface area contributed by atoms with Crippen molar-refractivity contribution >= 4 is 19.8 Å². The number of rotatable bonds is 65. The second-order valence-corrected chi connectivity index (χ2v) is 26.2. The summed E-state index contributed by atoms with van der Waals surface area (Å²) in [6.45, 7) is 3.94. The van der Waals surface area contributed by atoms with Gasteiger partial charge in [-0.05, 0) is 161 Å². The van der Waals surface area contributed by atoms with Crippen molar-refractivity contribution in [3.05, 3.63) is 231 Å². The van der Waals surface area contributed by atoms with Gasteiger partial charge in [-0.1, -0.05) is 303 Å². The van der Waals surface area contributed by atoms with Crippen LogP contribution in [-0.2, 0) is 32.7 Å². The van der Waals surface area contributed by atoms with Crippen LogP contribution in [0.15, 0.2) is 231 Å². The van der Waals surface area contributed by atoms with Gasteiger partial charge in [-0.25, -0.2) is 0 Å². The molecule has 2 unspecified atom stereocenters. The molecule has 0 aliphatic rings. The summed E-state index contributed by atoms with van der Waals surface area (Å²) in [5.41, 5.74) is 0. The van der Waals surface area contributed by atoms with Crippen LogP contribution in [0.4, 0.5) is 0 Å². The molecule has 0 N–H and O–H groups in total. The van der Waals surface area contributed by atoms with Crippen molar-refractivity contribution in [1.29, 1.82) is 0 Å². The molecule has 0 saturated carbocycles. The Morgan fingerprint density at radius 2 is 0.562 bits per heavy atom. The fourth-order valence-electron chi connectivity index (χ4n) is 9.09. The van der Waals surface area contributed by atoms with Crippen LogP contribution in [0.2, 0.25) is 0 Å². The van der Waals surface area contributed by atoms with Crippen LogP contribution in [0.3, 0.4) is 0 Å². The lowest BCUT2D eigenvalue weighted by Crippen LogP contribution is -2.37. The molecule has 0 aromatic rings. The molecular weight excluding hydrogens is 1210 g/mol. The third-order valence-corrected chi connectivity index (χ3v) is 15.6. The van der Waals surface area contributed by atoms with E-state index in [0.717, 1.165) is 173 Å². The Morgan fingerprint density at radius 3 is 0.833 bits per heavy atom. The Kier molecular flexibility index (Phi) is 68.8. The molecule has 96 heavy (non-hydrogen) atoms. The number of ether oxygens (including phenoxy) is 2. The maximum atomic E-state index is 12.9. The summed E-state index contributed by atoms with van der Waals surface area (Å²) in [6.07, 6.45) is 118. The van der Waals surface area contributed by atoms with Crippen LogP contribution in [0.5, 0.6) is 0 Å². The number of hydrogen-bond donors (Lipinski definition) is 0. The molecule has 0 aliphatic carbocycles. The van der Waals surface area contributed by atoms with Crippen LogP contribution >= 0.6 is 7.82 Å². The van der Waals surface area contributed by atoms with Gasteiger partial charge in [0.15, 0.2) is 6.10 Å². The highest BCUT2D eigenvalue weighted by atomic mass is 31.2. The normalized spacial score (nSPS) is 14.4. The highest BCUT2D eigenvalue weighted by molar-refractivity contribution is 7.45. The number of phosphoric acid groups is 1. The lowest BCUT2D eigenvalue weighted by Gasteiger charge is -2.28. The van der Waals surface area contributed by atoms with E-state index in [9.17, 15) is 19.0 Å². The predicted octanol–water partition coefficient (Wildman–Crippen LogP) is 24.3. The Morgan fingerprint density at radius 1 is 0.323 bits per heavy atom. The first-order chi connectivity index (χ1) is 47.0. The number of nitrogens with zero attached hydrogens (tertiary/aromatic N) is 1. The summed E-state index contributed by atoms with van der Waals surface area (Å²) >= 11 is 0. The Bertz CT molecular complexity index is 2480. The van der Waals surface area contributed by atoms with Crippen LogP contribution in [0.25, 0.3) is 0 Å². The minimum Gasteiger partial charge on any atom is -0.756 e. The number of carbonyl (C=O) groups excluding carboxylic acids is 2. The molecule has 0 rings (SSSR count). The first-order valence-electron chi connectivity index (χ1n) is 37.1. The van der Waals surface area contributed by atoms with Crippen molar-refractivity contribution in [3.8, 4) is 0 Å². The van der Waals surface area contributed by atoms with Gasteiger partial charge in [0.1, 0.15) is 19.8 Å². The van der Waals surface area contributed by atoms with Gasteiger partial charge in [-0.15, -0.1) is 0 Å². The van der Waals surface area contributed by atoms with Crippen molar-refractivity contribution in [3.63, 3.8) is 0 Å². The third kappa shape index (κ3) is 77.1. The molecule has 536 valence electrons. The van der Waals surface area contributed by atoms with Crippen LogP contribution in [0.1, 0.15) is 245 Å². The molecule has 0 amide bonds. The topological polar surface area (TPSA) is 111 Å². The molecule has 9 nitrogen and oxygen atoms in total. The maximum absolute atomic E-state index is 12.9. The van der Waals surface area contributed by atoms with Crippen molar-refractivity contribution < 1.29 is 42.1 Å². The van der Waals surface area contributed by atoms with Gasteiger partial charge in [0.25, 0.3) is 7.82 Å². The molecule has 0 aromatic heterocycles. The summed E-state index contributed by atoms with van der Waals surface area (Å²) in [6, 6.07) is 0. The minimum absolute atomic E-state index is 0.0503. The second-order valence-electron chi connectivity index (χ2n) is 24.8. The van der Waals surface area contributed by atoms with E-state index in [4.69, 9.17) is 18.5 Å². The number of quaternary nitrogens is 1. The average Bonchev–Trinajstić information content (AvgIpc) is 2.74. The lowest BCUT2D eigenvalue weighted by molar-refractivity contribution is -0.870. The maximum Gasteiger partial charge on any atom is 0.306 e. The zero-order valence-corrected chi connectivity index (χ0v) is 61.9. The third-order valence-electron chi connectivity index (χ3n) is 14.7. The first-order valence-corrected chi connectivity index (χ1v) is 38.6. The van der Waals surface area contributed by atoms with Gasteiger partial charge in [0, 0.05) is 12.8 Å². The van der Waals surface area contributed by atoms with Crippen molar-refractivity contribution in [1.82, 2.24) is 0 Å². The van der Waals surface area contributed by atoms with E-state index in [-0.39, 0.29) is 26.1 Å². The SMILES string of the molecule is CC/C=C\C/C=C\C/C=C\C/C=C\C/C=C\C/C=C\C/C=C\C/C=C\C/C=C\C/C=C\CCCCCCC(=O)OC(COC(=O)CCCCCCCCCCC/C=C\C/C=C\C/C=C\C/C=C\C/C=C\C/C=C\C/C=C\C/C=C\C/C=C\CC)COP(=O)([O-])OCC[N+](C)(C)C. The first kappa shape index (κ1) is 90.1. The summed E-state index contributed by atoms with van der Waals surface area (Å²) in [5.74, 6) is -0.887.